The van der Waals surface area contributed by atoms with Gasteiger partial charge in [0.15, 0.2) is 0 Å². The maximum Gasteiger partial charge on any atom is 0.0759 e. The zero-order valence-corrected chi connectivity index (χ0v) is 11.2. The van der Waals surface area contributed by atoms with Crippen LogP contribution in [0, 0.1) is 11.3 Å². The Morgan fingerprint density at radius 1 is 0.800 bits per heavy atom. The Labute approximate surface area is 119 Å². The van der Waals surface area contributed by atoms with Crippen LogP contribution in [0.2, 0.25) is 0 Å². The Balaban J connectivity index is 2.02. The summed E-state index contributed by atoms with van der Waals surface area (Å²) in [7, 11) is 0. The summed E-state index contributed by atoms with van der Waals surface area (Å²) in [6, 6.07) is 27.1. The van der Waals surface area contributed by atoms with E-state index in [1.807, 2.05) is 36.4 Å². The van der Waals surface area contributed by atoms with Gasteiger partial charge in [0.05, 0.1) is 12.0 Å². The van der Waals surface area contributed by atoms with Crippen LogP contribution in [0.4, 0.5) is 0 Å². The van der Waals surface area contributed by atoms with E-state index >= 15 is 0 Å². The average molecular weight is 257 g/mol. The second kappa shape index (κ2) is 5.59. The average Bonchev–Trinajstić information content (AvgIpc) is 2.53. The Morgan fingerprint density at radius 3 is 2.30 bits per heavy atom. The lowest BCUT2D eigenvalue weighted by Gasteiger charge is -2.12. The number of rotatable bonds is 3. The van der Waals surface area contributed by atoms with Gasteiger partial charge in [-0.2, -0.15) is 5.26 Å². The van der Waals surface area contributed by atoms with Crippen LogP contribution in [0.25, 0.3) is 10.8 Å². The highest BCUT2D eigenvalue weighted by molar-refractivity contribution is 5.86. The van der Waals surface area contributed by atoms with Gasteiger partial charge in [0.1, 0.15) is 0 Å². The zero-order valence-electron chi connectivity index (χ0n) is 11.2. The van der Waals surface area contributed by atoms with E-state index in [1.54, 1.807) is 0 Å². The van der Waals surface area contributed by atoms with Gasteiger partial charge in [0.25, 0.3) is 0 Å². The number of hydrogen-bond acceptors (Lipinski definition) is 1. The molecule has 3 aromatic rings. The molecule has 0 N–H and O–H groups in total. The first-order valence-electron chi connectivity index (χ1n) is 6.79. The van der Waals surface area contributed by atoms with Gasteiger partial charge < -0.3 is 0 Å². The van der Waals surface area contributed by atoms with Gasteiger partial charge in [-0.25, -0.2) is 0 Å². The molecule has 0 saturated heterocycles. The molecule has 0 amide bonds. The van der Waals surface area contributed by atoms with E-state index in [-0.39, 0.29) is 5.92 Å². The minimum atomic E-state index is -0.108. The fraction of sp³-hybridized carbons (Fsp3) is 0.105. The zero-order chi connectivity index (χ0) is 13.8. The Morgan fingerprint density at radius 2 is 1.50 bits per heavy atom. The summed E-state index contributed by atoms with van der Waals surface area (Å²) in [5.74, 6) is -0.108. The molecular weight excluding hydrogens is 242 g/mol. The van der Waals surface area contributed by atoms with Crippen LogP contribution in [0.3, 0.4) is 0 Å². The summed E-state index contributed by atoms with van der Waals surface area (Å²) < 4.78 is 0. The first kappa shape index (κ1) is 12.4. The van der Waals surface area contributed by atoms with E-state index in [0.29, 0.717) is 0 Å². The fourth-order valence-corrected chi connectivity index (χ4v) is 2.63. The Bertz CT molecular complexity index is 748. The lowest BCUT2D eigenvalue weighted by molar-refractivity contribution is 0.857. The summed E-state index contributed by atoms with van der Waals surface area (Å²) in [5.41, 5.74) is 2.32. The smallest absolute Gasteiger partial charge is 0.0759 e. The summed E-state index contributed by atoms with van der Waals surface area (Å²) in [6.07, 6.45) is 0.755. The largest absolute Gasteiger partial charge is 0.198 e. The molecule has 96 valence electrons. The molecule has 0 saturated carbocycles. The third-order valence-electron chi connectivity index (χ3n) is 3.64. The van der Waals surface area contributed by atoms with Gasteiger partial charge in [-0.1, -0.05) is 72.8 Å². The quantitative estimate of drug-likeness (QED) is 0.667. The van der Waals surface area contributed by atoms with Crippen molar-refractivity contribution >= 4 is 10.8 Å². The number of fused-ring (bicyclic) bond motifs is 1. The molecule has 0 fully saturated rings. The van der Waals surface area contributed by atoms with Crippen molar-refractivity contribution in [2.24, 2.45) is 0 Å². The molecule has 20 heavy (non-hydrogen) atoms. The standard InChI is InChI=1S/C19H15N/c20-14-17(13-15-7-2-1-3-8-15)19-12-6-10-16-9-4-5-11-18(16)19/h1-12,17H,13H2. The highest BCUT2D eigenvalue weighted by atomic mass is 14.3. The molecule has 0 radical (unpaired) electrons. The minimum Gasteiger partial charge on any atom is -0.198 e. The van der Waals surface area contributed by atoms with Gasteiger partial charge in [0.2, 0.25) is 0 Å². The van der Waals surface area contributed by atoms with Crippen molar-refractivity contribution in [3.63, 3.8) is 0 Å². The van der Waals surface area contributed by atoms with E-state index in [1.165, 1.54) is 16.3 Å². The van der Waals surface area contributed by atoms with Crippen LogP contribution in [0.15, 0.2) is 72.8 Å². The molecule has 0 aliphatic carbocycles. The number of nitriles is 1. The van der Waals surface area contributed by atoms with Crippen molar-refractivity contribution in [1.29, 1.82) is 5.26 Å². The first-order chi connectivity index (χ1) is 9.88. The molecular formula is C19H15N. The topological polar surface area (TPSA) is 23.8 Å². The molecule has 0 aliphatic heterocycles. The maximum atomic E-state index is 9.55. The van der Waals surface area contributed by atoms with Gasteiger partial charge in [-0.3, -0.25) is 0 Å². The SMILES string of the molecule is N#CC(Cc1ccccc1)c1cccc2ccccc12. The van der Waals surface area contributed by atoms with E-state index in [2.05, 4.69) is 42.5 Å². The van der Waals surface area contributed by atoms with E-state index < -0.39 is 0 Å². The predicted octanol–water partition coefficient (Wildman–Crippen LogP) is 4.69. The van der Waals surface area contributed by atoms with Crippen LogP contribution in [-0.2, 0) is 6.42 Å². The van der Waals surface area contributed by atoms with Crippen LogP contribution in [-0.4, -0.2) is 0 Å². The second-order valence-corrected chi connectivity index (χ2v) is 4.94. The lowest BCUT2D eigenvalue weighted by atomic mass is 9.89. The monoisotopic (exact) mass is 257 g/mol. The van der Waals surface area contributed by atoms with Crippen molar-refractivity contribution in [2.75, 3.05) is 0 Å². The minimum absolute atomic E-state index is 0.108. The molecule has 0 bridgehead atoms. The molecule has 0 aliphatic rings. The molecule has 1 unspecified atom stereocenters. The predicted molar refractivity (Wildman–Crippen MR) is 82.4 cm³/mol. The molecule has 0 aromatic heterocycles. The van der Waals surface area contributed by atoms with Gasteiger partial charge in [-0.05, 0) is 28.3 Å². The fourth-order valence-electron chi connectivity index (χ4n) is 2.63. The molecule has 0 spiro atoms. The number of hydrogen-bond donors (Lipinski definition) is 0. The van der Waals surface area contributed by atoms with Crippen LogP contribution in [0.5, 0.6) is 0 Å². The highest BCUT2D eigenvalue weighted by Gasteiger charge is 2.14. The van der Waals surface area contributed by atoms with E-state index in [9.17, 15) is 5.26 Å². The van der Waals surface area contributed by atoms with Crippen molar-refractivity contribution in [3.05, 3.63) is 83.9 Å². The number of nitrogens with zero attached hydrogens (tertiary/aromatic N) is 1. The third-order valence-corrected chi connectivity index (χ3v) is 3.64. The maximum absolute atomic E-state index is 9.55. The summed E-state index contributed by atoms with van der Waals surface area (Å²) in [6.45, 7) is 0. The second-order valence-electron chi connectivity index (χ2n) is 4.94. The summed E-state index contributed by atoms with van der Waals surface area (Å²) >= 11 is 0. The van der Waals surface area contributed by atoms with Crippen molar-refractivity contribution < 1.29 is 0 Å². The van der Waals surface area contributed by atoms with Gasteiger partial charge >= 0.3 is 0 Å². The van der Waals surface area contributed by atoms with Gasteiger partial charge in [0, 0.05) is 0 Å². The summed E-state index contributed by atoms with van der Waals surface area (Å²) in [4.78, 5) is 0. The van der Waals surface area contributed by atoms with E-state index in [4.69, 9.17) is 0 Å². The van der Waals surface area contributed by atoms with Crippen molar-refractivity contribution in [3.8, 4) is 6.07 Å². The highest BCUT2D eigenvalue weighted by Crippen LogP contribution is 2.27. The normalized spacial score (nSPS) is 11.9. The molecule has 3 rings (SSSR count). The molecule has 0 heterocycles. The Hall–Kier alpha value is -2.59. The third kappa shape index (κ3) is 2.41. The van der Waals surface area contributed by atoms with E-state index in [0.717, 1.165) is 12.0 Å². The van der Waals surface area contributed by atoms with Crippen LogP contribution < -0.4 is 0 Å². The van der Waals surface area contributed by atoms with Crippen LogP contribution >= 0.6 is 0 Å². The van der Waals surface area contributed by atoms with Crippen molar-refractivity contribution in [2.45, 2.75) is 12.3 Å². The number of benzene rings is 3. The first-order valence-corrected chi connectivity index (χ1v) is 6.79. The van der Waals surface area contributed by atoms with Gasteiger partial charge in [-0.15, -0.1) is 0 Å². The van der Waals surface area contributed by atoms with Crippen molar-refractivity contribution in [1.82, 2.24) is 0 Å². The molecule has 3 aromatic carbocycles. The molecule has 1 atom stereocenters. The Kier molecular flexibility index (Phi) is 3.48. The lowest BCUT2D eigenvalue weighted by Crippen LogP contribution is -2.01. The summed E-state index contributed by atoms with van der Waals surface area (Å²) in [5, 5.41) is 11.9. The molecule has 1 heteroatoms. The van der Waals surface area contributed by atoms with Crippen LogP contribution in [0.1, 0.15) is 17.0 Å². The molecule has 1 nitrogen and oxygen atoms in total.